The normalized spacial score (nSPS) is 11.4. The fraction of sp³-hybridized carbons (Fsp3) is 0.300. The van der Waals surface area contributed by atoms with Crippen LogP contribution < -0.4 is 20.9 Å². The van der Waals surface area contributed by atoms with Crippen LogP contribution in [0.25, 0.3) is 0 Å². The van der Waals surface area contributed by atoms with E-state index in [9.17, 15) is 9.59 Å². The molecule has 6 heteroatoms. The lowest BCUT2D eigenvalue weighted by Crippen LogP contribution is -2.31. The van der Waals surface area contributed by atoms with E-state index in [-0.39, 0.29) is 18.0 Å². The van der Waals surface area contributed by atoms with Gasteiger partial charge in [0.25, 0.3) is 0 Å². The highest BCUT2D eigenvalue weighted by atomic mass is 16.2. The lowest BCUT2D eigenvalue weighted by Gasteiger charge is -2.19. The number of benzene rings is 2. The predicted octanol–water partition coefficient (Wildman–Crippen LogP) is 3.98. The number of rotatable bonds is 6. The number of carbonyl (C=O) groups is 2. The molecule has 0 bridgehead atoms. The fourth-order valence-electron chi connectivity index (χ4n) is 2.54. The van der Waals surface area contributed by atoms with E-state index in [0.717, 1.165) is 23.5 Å². The molecule has 0 aliphatic heterocycles. The van der Waals surface area contributed by atoms with Gasteiger partial charge in [-0.05, 0) is 49.7 Å². The van der Waals surface area contributed by atoms with Crippen molar-refractivity contribution in [1.29, 1.82) is 0 Å². The highest BCUT2D eigenvalue weighted by molar-refractivity contribution is 5.90. The number of nitrogens with one attached hydrogen (secondary N) is 3. The van der Waals surface area contributed by atoms with E-state index in [4.69, 9.17) is 0 Å². The zero-order valence-corrected chi connectivity index (χ0v) is 15.7. The Kier molecular flexibility index (Phi) is 6.60. The van der Waals surface area contributed by atoms with Gasteiger partial charge in [0.1, 0.15) is 0 Å². The summed E-state index contributed by atoms with van der Waals surface area (Å²) in [5.74, 6) is -0.127. The lowest BCUT2D eigenvalue weighted by atomic mass is 10.1. The van der Waals surface area contributed by atoms with E-state index in [1.165, 1.54) is 6.92 Å². The third kappa shape index (κ3) is 5.51. The van der Waals surface area contributed by atoms with Crippen LogP contribution in [-0.2, 0) is 4.79 Å². The second-order valence-corrected chi connectivity index (χ2v) is 6.19. The maximum atomic E-state index is 12.3. The third-order valence-corrected chi connectivity index (χ3v) is 4.07. The van der Waals surface area contributed by atoms with Crippen molar-refractivity contribution in [2.75, 3.05) is 29.1 Å². The molecule has 2 aromatic rings. The second-order valence-electron chi connectivity index (χ2n) is 6.19. The molecule has 26 heavy (non-hydrogen) atoms. The van der Waals surface area contributed by atoms with Crippen molar-refractivity contribution < 1.29 is 9.59 Å². The van der Waals surface area contributed by atoms with Crippen LogP contribution in [0.2, 0.25) is 0 Å². The largest absolute Gasteiger partial charge is 0.375 e. The van der Waals surface area contributed by atoms with Gasteiger partial charge in [-0.3, -0.25) is 4.79 Å². The first-order valence-corrected chi connectivity index (χ1v) is 8.65. The first-order chi connectivity index (χ1) is 12.4. The Bertz CT molecular complexity index is 776. The quantitative estimate of drug-likeness (QED) is 0.734. The van der Waals surface area contributed by atoms with Gasteiger partial charge in [-0.1, -0.05) is 18.2 Å². The van der Waals surface area contributed by atoms with E-state index in [1.54, 1.807) is 0 Å². The summed E-state index contributed by atoms with van der Waals surface area (Å²) < 4.78 is 0. The molecule has 0 aliphatic carbocycles. The van der Waals surface area contributed by atoms with Crippen LogP contribution >= 0.6 is 0 Å². The molecule has 0 aromatic heterocycles. The summed E-state index contributed by atoms with van der Waals surface area (Å²) in [5, 5.41) is 8.52. The molecule has 6 nitrogen and oxygen atoms in total. The maximum Gasteiger partial charge on any atom is 0.319 e. The molecule has 2 aromatic carbocycles. The van der Waals surface area contributed by atoms with Crippen molar-refractivity contribution in [3.8, 4) is 0 Å². The van der Waals surface area contributed by atoms with Crippen molar-refractivity contribution in [1.82, 2.24) is 5.32 Å². The third-order valence-electron chi connectivity index (χ3n) is 4.07. The number of nitrogens with zero attached hydrogens (tertiary/aromatic N) is 1. The summed E-state index contributed by atoms with van der Waals surface area (Å²) >= 11 is 0. The summed E-state index contributed by atoms with van der Waals surface area (Å²) in [7, 11) is 2.00. The topological polar surface area (TPSA) is 73.5 Å². The number of amides is 3. The number of hydrogen-bond donors (Lipinski definition) is 3. The number of anilines is 3. The van der Waals surface area contributed by atoms with E-state index in [1.807, 2.05) is 62.5 Å². The minimum Gasteiger partial charge on any atom is -0.375 e. The summed E-state index contributed by atoms with van der Waals surface area (Å²) in [6.07, 6.45) is 0. The van der Waals surface area contributed by atoms with Gasteiger partial charge < -0.3 is 20.9 Å². The molecule has 138 valence electrons. The first-order valence-electron chi connectivity index (χ1n) is 8.65. The molecular weight excluding hydrogens is 328 g/mol. The van der Waals surface area contributed by atoms with Crippen molar-refractivity contribution in [2.45, 2.75) is 26.8 Å². The Morgan fingerprint density at radius 3 is 2.35 bits per heavy atom. The Balaban J connectivity index is 2.00. The van der Waals surface area contributed by atoms with Gasteiger partial charge in [0.15, 0.2) is 0 Å². The molecule has 0 fully saturated rings. The molecule has 0 saturated carbocycles. The molecular formula is C20H26N4O2. The van der Waals surface area contributed by atoms with E-state index in [2.05, 4.69) is 27.8 Å². The summed E-state index contributed by atoms with van der Waals surface area (Å²) in [6, 6.07) is 14.6. The van der Waals surface area contributed by atoms with Crippen molar-refractivity contribution in [3.05, 3.63) is 54.1 Å². The Labute approximate surface area is 154 Å². The average molecular weight is 354 g/mol. The molecule has 0 aliphatic rings. The predicted molar refractivity (Wildman–Crippen MR) is 107 cm³/mol. The Hall–Kier alpha value is -3.02. The van der Waals surface area contributed by atoms with Crippen LogP contribution in [0.4, 0.5) is 21.9 Å². The fourth-order valence-corrected chi connectivity index (χ4v) is 2.54. The van der Waals surface area contributed by atoms with Gasteiger partial charge in [0, 0.05) is 37.6 Å². The maximum absolute atomic E-state index is 12.3. The molecule has 0 radical (unpaired) electrons. The van der Waals surface area contributed by atoms with Gasteiger partial charge in [0.2, 0.25) is 5.91 Å². The standard InChI is InChI=1S/C20H26N4O2/c1-5-24(4)19-11-7-10-18(13-19)23-20(26)21-14(2)16-8-6-9-17(12-16)22-15(3)25/h6-14H,5H2,1-4H3,(H,22,25)(H2,21,23,26). The van der Waals surface area contributed by atoms with Crippen molar-refractivity contribution in [2.24, 2.45) is 0 Å². The molecule has 0 saturated heterocycles. The van der Waals surface area contributed by atoms with Gasteiger partial charge in [-0.25, -0.2) is 4.79 Å². The first kappa shape index (κ1) is 19.3. The van der Waals surface area contributed by atoms with Crippen LogP contribution in [0, 0.1) is 0 Å². The van der Waals surface area contributed by atoms with Crippen LogP contribution in [0.15, 0.2) is 48.5 Å². The molecule has 1 atom stereocenters. The van der Waals surface area contributed by atoms with Crippen molar-refractivity contribution in [3.63, 3.8) is 0 Å². The number of carbonyl (C=O) groups excluding carboxylic acids is 2. The minimum absolute atomic E-state index is 0.127. The second kappa shape index (κ2) is 8.89. The average Bonchev–Trinajstić information content (AvgIpc) is 2.60. The highest BCUT2D eigenvalue weighted by Gasteiger charge is 2.11. The lowest BCUT2D eigenvalue weighted by molar-refractivity contribution is -0.114. The smallest absolute Gasteiger partial charge is 0.319 e. The highest BCUT2D eigenvalue weighted by Crippen LogP contribution is 2.20. The van der Waals surface area contributed by atoms with Crippen LogP contribution in [-0.4, -0.2) is 25.5 Å². The van der Waals surface area contributed by atoms with Gasteiger partial charge in [0.05, 0.1) is 6.04 Å². The van der Waals surface area contributed by atoms with Crippen LogP contribution in [0.1, 0.15) is 32.4 Å². The zero-order chi connectivity index (χ0) is 19.1. The van der Waals surface area contributed by atoms with Crippen molar-refractivity contribution >= 4 is 29.0 Å². The van der Waals surface area contributed by atoms with Crippen LogP contribution in [0.5, 0.6) is 0 Å². The Morgan fingerprint density at radius 1 is 1.04 bits per heavy atom. The minimum atomic E-state index is -0.279. The monoisotopic (exact) mass is 354 g/mol. The molecule has 2 rings (SSSR count). The molecule has 3 N–H and O–H groups in total. The number of urea groups is 1. The Morgan fingerprint density at radius 2 is 1.69 bits per heavy atom. The van der Waals surface area contributed by atoms with Gasteiger partial charge in [-0.2, -0.15) is 0 Å². The molecule has 0 heterocycles. The van der Waals surface area contributed by atoms with E-state index < -0.39 is 0 Å². The molecule has 0 spiro atoms. The zero-order valence-electron chi connectivity index (χ0n) is 15.7. The molecule has 3 amide bonds. The van der Waals surface area contributed by atoms with Gasteiger partial charge >= 0.3 is 6.03 Å². The van der Waals surface area contributed by atoms with E-state index >= 15 is 0 Å². The van der Waals surface area contributed by atoms with E-state index in [0.29, 0.717) is 5.69 Å². The summed E-state index contributed by atoms with van der Waals surface area (Å²) in [5.41, 5.74) is 3.39. The SMILES string of the molecule is CCN(C)c1cccc(NC(=O)NC(C)c2cccc(NC(C)=O)c2)c1. The summed E-state index contributed by atoms with van der Waals surface area (Å²) in [6.45, 7) is 6.32. The van der Waals surface area contributed by atoms with Crippen LogP contribution in [0.3, 0.4) is 0 Å². The number of hydrogen-bond acceptors (Lipinski definition) is 3. The molecule has 1 unspecified atom stereocenters. The van der Waals surface area contributed by atoms with Gasteiger partial charge in [-0.15, -0.1) is 0 Å². The summed E-state index contributed by atoms with van der Waals surface area (Å²) in [4.78, 5) is 25.6.